The summed E-state index contributed by atoms with van der Waals surface area (Å²) in [4.78, 5) is 13.5. The lowest BCUT2D eigenvalue weighted by Crippen LogP contribution is -2.39. The van der Waals surface area contributed by atoms with E-state index in [-0.39, 0.29) is 12.1 Å². The van der Waals surface area contributed by atoms with Crippen LogP contribution < -0.4 is 0 Å². The van der Waals surface area contributed by atoms with E-state index < -0.39 is 0 Å². The van der Waals surface area contributed by atoms with Crippen LogP contribution in [-0.2, 0) is 9.53 Å². The molecule has 1 rings (SSSR count). The molecule has 0 spiro atoms. The van der Waals surface area contributed by atoms with Gasteiger partial charge in [-0.05, 0) is 26.2 Å². The molecule has 1 aliphatic carbocycles. The predicted octanol–water partition coefficient (Wildman–Crippen LogP) is 1.17. The smallest absolute Gasteiger partial charge is 0.319 e. The zero-order valence-corrected chi connectivity index (χ0v) is 10.3. The first-order chi connectivity index (χ1) is 7.63. The Morgan fingerprint density at radius 2 is 2.12 bits per heavy atom. The fourth-order valence-corrected chi connectivity index (χ4v) is 2.24. The lowest BCUT2D eigenvalue weighted by atomic mass is 10.2. The van der Waals surface area contributed by atoms with Crippen molar-refractivity contribution in [2.45, 2.75) is 51.2 Å². The van der Waals surface area contributed by atoms with Gasteiger partial charge in [-0.25, -0.2) is 0 Å². The van der Waals surface area contributed by atoms with Gasteiger partial charge in [0.25, 0.3) is 0 Å². The second kappa shape index (κ2) is 6.86. The highest BCUT2D eigenvalue weighted by atomic mass is 16.5. The first-order valence-electron chi connectivity index (χ1n) is 6.12. The average Bonchev–Trinajstić information content (AvgIpc) is 2.76. The van der Waals surface area contributed by atoms with E-state index in [0.29, 0.717) is 19.0 Å². The second-order valence-corrected chi connectivity index (χ2v) is 4.62. The number of aliphatic hydroxyl groups is 1. The van der Waals surface area contributed by atoms with Crippen LogP contribution in [0.1, 0.15) is 39.0 Å². The molecule has 4 nitrogen and oxygen atoms in total. The molecule has 1 aliphatic rings. The summed E-state index contributed by atoms with van der Waals surface area (Å²) in [6.07, 6.45) is 5.23. The van der Waals surface area contributed by atoms with Crippen molar-refractivity contribution in [3.8, 4) is 0 Å². The van der Waals surface area contributed by atoms with E-state index in [9.17, 15) is 9.90 Å². The van der Waals surface area contributed by atoms with Gasteiger partial charge in [0.1, 0.15) is 0 Å². The quantitative estimate of drug-likeness (QED) is 0.695. The first-order valence-corrected chi connectivity index (χ1v) is 6.12. The second-order valence-electron chi connectivity index (χ2n) is 4.62. The SMILES string of the molecule is COC(=O)CN(CCC(C)O)C1CCCC1. The number of methoxy groups -OCH3 is 1. The van der Waals surface area contributed by atoms with E-state index in [4.69, 9.17) is 4.74 Å². The number of rotatable bonds is 6. The predicted molar refractivity (Wildman–Crippen MR) is 62.1 cm³/mol. The highest BCUT2D eigenvalue weighted by Crippen LogP contribution is 2.23. The third kappa shape index (κ3) is 4.49. The van der Waals surface area contributed by atoms with Gasteiger partial charge >= 0.3 is 5.97 Å². The zero-order chi connectivity index (χ0) is 12.0. The molecule has 4 heteroatoms. The number of carbonyl (C=O) groups is 1. The van der Waals surface area contributed by atoms with Crippen molar-refractivity contribution in [2.75, 3.05) is 20.2 Å². The third-order valence-electron chi connectivity index (χ3n) is 3.24. The Morgan fingerprint density at radius 3 is 2.62 bits per heavy atom. The van der Waals surface area contributed by atoms with E-state index in [2.05, 4.69) is 4.90 Å². The minimum absolute atomic E-state index is 0.183. The normalized spacial score (nSPS) is 19.0. The molecule has 1 fully saturated rings. The fourth-order valence-electron chi connectivity index (χ4n) is 2.24. The maximum absolute atomic E-state index is 11.3. The maximum atomic E-state index is 11.3. The Kier molecular flexibility index (Phi) is 5.77. The lowest BCUT2D eigenvalue weighted by molar-refractivity contribution is -0.142. The molecule has 1 N–H and O–H groups in total. The van der Waals surface area contributed by atoms with Crippen molar-refractivity contribution < 1.29 is 14.6 Å². The Labute approximate surface area is 97.6 Å². The summed E-state index contributed by atoms with van der Waals surface area (Å²) in [5.41, 5.74) is 0. The van der Waals surface area contributed by atoms with Gasteiger partial charge in [-0.3, -0.25) is 9.69 Å². The van der Waals surface area contributed by atoms with Crippen molar-refractivity contribution in [1.82, 2.24) is 4.90 Å². The summed E-state index contributed by atoms with van der Waals surface area (Å²) in [5.74, 6) is -0.183. The average molecular weight is 229 g/mol. The van der Waals surface area contributed by atoms with Gasteiger partial charge in [0.15, 0.2) is 0 Å². The lowest BCUT2D eigenvalue weighted by Gasteiger charge is -2.28. The maximum Gasteiger partial charge on any atom is 0.319 e. The highest BCUT2D eigenvalue weighted by Gasteiger charge is 2.24. The van der Waals surface area contributed by atoms with Crippen LogP contribution in [-0.4, -0.2) is 48.3 Å². The molecular formula is C12H23NO3. The molecule has 1 saturated carbocycles. The number of esters is 1. The summed E-state index contributed by atoms with van der Waals surface area (Å²) in [7, 11) is 1.42. The van der Waals surface area contributed by atoms with Crippen molar-refractivity contribution in [2.24, 2.45) is 0 Å². The molecule has 94 valence electrons. The van der Waals surface area contributed by atoms with Gasteiger partial charge in [-0.1, -0.05) is 12.8 Å². The van der Waals surface area contributed by atoms with Gasteiger partial charge in [0.2, 0.25) is 0 Å². The van der Waals surface area contributed by atoms with Crippen LogP contribution in [0.4, 0.5) is 0 Å². The van der Waals surface area contributed by atoms with Gasteiger partial charge in [0, 0.05) is 12.6 Å². The molecule has 0 aromatic heterocycles. The van der Waals surface area contributed by atoms with Gasteiger partial charge < -0.3 is 9.84 Å². The Bertz CT molecular complexity index is 212. The van der Waals surface area contributed by atoms with E-state index in [1.54, 1.807) is 6.92 Å². The molecule has 16 heavy (non-hydrogen) atoms. The summed E-state index contributed by atoms with van der Waals surface area (Å²) in [6, 6.07) is 0.498. The molecule has 0 amide bonds. The molecule has 0 aromatic carbocycles. The molecule has 0 radical (unpaired) electrons. The standard InChI is InChI=1S/C12H23NO3/c1-10(14)7-8-13(9-12(15)16-2)11-5-3-4-6-11/h10-11,14H,3-9H2,1-2H3. The van der Waals surface area contributed by atoms with Gasteiger partial charge in [0.05, 0.1) is 19.8 Å². The molecule has 0 aromatic rings. The first kappa shape index (κ1) is 13.5. The zero-order valence-electron chi connectivity index (χ0n) is 10.3. The molecule has 1 unspecified atom stereocenters. The van der Waals surface area contributed by atoms with Crippen molar-refractivity contribution in [3.05, 3.63) is 0 Å². The topological polar surface area (TPSA) is 49.8 Å². The van der Waals surface area contributed by atoms with Crippen LogP contribution in [0.15, 0.2) is 0 Å². The van der Waals surface area contributed by atoms with Gasteiger partial charge in [-0.2, -0.15) is 0 Å². The van der Waals surface area contributed by atoms with E-state index in [1.807, 2.05) is 0 Å². The van der Waals surface area contributed by atoms with Crippen LogP contribution in [0.3, 0.4) is 0 Å². The Balaban J connectivity index is 2.43. The summed E-state index contributed by atoms with van der Waals surface area (Å²) >= 11 is 0. The van der Waals surface area contributed by atoms with Crippen molar-refractivity contribution in [1.29, 1.82) is 0 Å². The number of ether oxygens (including phenoxy) is 1. The van der Waals surface area contributed by atoms with Crippen LogP contribution in [0.5, 0.6) is 0 Å². The fraction of sp³-hybridized carbons (Fsp3) is 0.917. The van der Waals surface area contributed by atoms with Crippen LogP contribution in [0, 0.1) is 0 Å². The van der Waals surface area contributed by atoms with E-state index in [0.717, 1.165) is 19.4 Å². The highest BCUT2D eigenvalue weighted by molar-refractivity contribution is 5.71. The van der Waals surface area contributed by atoms with E-state index in [1.165, 1.54) is 20.0 Å². The number of hydrogen-bond acceptors (Lipinski definition) is 4. The monoisotopic (exact) mass is 229 g/mol. The molecular weight excluding hydrogens is 206 g/mol. The minimum atomic E-state index is -0.304. The minimum Gasteiger partial charge on any atom is -0.468 e. The van der Waals surface area contributed by atoms with Crippen LogP contribution in [0.25, 0.3) is 0 Å². The molecule has 0 saturated heterocycles. The number of carbonyl (C=O) groups excluding carboxylic acids is 1. The molecule has 0 heterocycles. The number of aliphatic hydroxyl groups excluding tert-OH is 1. The van der Waals surface area contributed by atoms with E-state index >= 15 is 0 Å². The van der Waals surface area contributed by atoms with Gasteiger partial charge in [-0.15, -0.1) is 0 Å². The largest absolute Gasteiger partial charge is 0.468 e. The molecule has 1 atom stereocenters. The van der Waals surface area contributed by atoms with Crippen molar-refractivity contribution >= 4 is 5.97 Å². The van der Waals surface area contributed by atoms with Crippen molar-refractivity contribution in [3.63, 3.8) is 0 Å². The molecule has 0 bridgehead atoms. The number of nitrogens with zero attached hydrogens (tertiary/aromatic N) is 1. The summed E-state index contributed by atoms with van der Waals surface area (Å²) < 4.78 is 4.70. The Morgan fingerprint density at radius 1 is 1.50 bits per heavy atom. The third-order valence-corrected chi connectivity index (χ3v) is 3.24. The number of hydrogen-bond donors (Lipinski definition) is 1. The summed E-state index contributed by atoms with van der Waals surface area (Å²) in [6.45, 7) is 2.91. The Hall–Kier alpha value is -0.610. The summed E-state index contributed by atoms with van der Waals surface area (Å²) in [5, 5.41) is 9.29. The molecule has 0 aliphatic heterocycles. The van der Waals surface area contributed by atoms with Crippen LogP contribution in [0.2, 0.25) is 0 Å². The van der Waals surface area contributed by atoms with Crippen LogP contribution >= 0.6 is 0 Å².